The van der Waals surface area contributed by atoms with Crippen molar-refractivity contribution in [1.82, 2.24) is 0 Å². The highest BCUT2D eigenvalue weighted by Crippen LogP contribution is 2.42. The van der Waals surface area contributed by atoms with Crippen molar-refractivity contribution in [2.75, 3.05) is 5.75 Å². The van der Waals surface area contributed by atoms with Crippen LogP contribution in [0.3, 0.4) is 0 Å². The van der Waals surface area contributed by atoms with Crippen molar-refractivity contribution in [3.63, 3.8) is 0 Å². The Morgan fingerprint density at radius 2 is 2.00 bits per heavy atom. The number of allylic oxidation sites excluding steroid dienone is 1. The Kier molecular flexibility index (Phi) is 6.18. The quantitative estimate of drug-likeness (QED) is 0.620. The first kappa shape index (κ1) is 20.1. The Hall–Kier alpha value is -2.62. The molecule has 0 spiro atoms. The number of carbonyl (C=O) groups is 2. The Morgan fingerprint density at radius 3 is 2.57 bits per heavy atom. The predicted molar refractivity (Wildman–Crippen MR) is 110 cm³/mol. The fraction of sp³-hybridized carbons (Fsp3) is 0.238. The number of nitriles is 1. The zero-order valence-electron chi connectivity index (χ0n) is 15.3. The summed E-state index contributed by atoms with van der Waals surface area (Å²) in [7, 11) is 0. The summed E-state index contributed by atoms with van der Waals surface area (Å²) < 4.78 is 5.51. The maximum Gasteiger partial charge on any atom is 0.173 e. The number of hydrogen-bond acceptors (Lipinski definition) is 6. The van der Waals surface area contributed by atoms with E-state index >= 15 is 0 Å². The smallest absolute Gasteiger partial charge is 0.173 e. The maximum absolute atomic E-state index is 12.5. The third kappa shape index (κ3) is 4.11. The van der Waals surface area contributed by atoms with Crippen LogP contribution in [-0.4, -0.2) is 23.0 Å². The van der Waals surface area contributed by atoms with E-state index < -0.39 is 11.8 Å². The van der Waals surface area contributed by atoms with Gasteiger partial charge in [-0.15, -0.1) is 0 Å². The van der Waals surface area contributed by atoms with Crippen molar-refractivity contribution in [2.24, 2.45) is 10.9 Å². The average molecular weight is 413 g/mol. The van der Waals surface area contributed by atoms with E-state index in [0.717, 1.165) is 0 Å². The van der Waals surface area contributed by atoms with Gasteiger partial charge in [0.15, 0.2) is 5.78 Å². The summed E-state index contributed by atoms with van der Waals surface area (Å²) in [6.45, 7) is 3.24. The van der Waals surface area contributed by atoms with Gasteiger partial charge in [-0.25, -0.2) is 4.99 Å². The Morgan fingerprint density at radius 1 is 1.29 bits per heavy atom. The number of rotatable bonds is 6. The van der Waals surface area contributed by atoms with E-state index in [4.69, 9.17) is 16.0 Å². The SMILES string of the molecule is CC(=O)C1C(C)=NC(SCC(=O)c2ccc(Cl)cc2)=C(C#N)[C@@H]1c1ccco1. The Bertz CT molecular complexity index is 1000. The first-order valence-corrected chi connectivity index (χ1v) is 9.93. The zero-order chi connectivity index (χ0) is 20.3. The summed E-state index contributed by atoms with van der Waals surface area (Å²) in [5.41, 5.74) is 1.49. The number of thioether (sulfide) groups is 1. The molecule has 0 amide bonds. The molecular formula is C21H17ClN2O3S. The van der Waals surface area contributed by atoms with Crippen LogP contribution < -0.4 is 0 Å². The molecule has 0 radical (unpaired) electrons. The molecule has 1 aromatic heterocycles. The second kappa shape index (κ2) is 8.59. The van der Waals surface area contributed by atoms with Crippen molar-refractivity contribution in [1.29, 1.82) is 5.26 Å². The average Bonchev–Trinajstić information content (AvgIpc) is 3.20. The number of aliphatic imine (C=N–C) groups is 1. The molecule has 1 aromatic carbocycles. The highest BCUT2D eigenvalue weighted by Gasteiger charge is 2.39. The number of furan rings is 1. The van der Waals surface area contributed by atoms with Gasteiger partial charge in [-0.1, -0.05) is 23.4 Å². The number of halogens is 1. The maximum atomic E-state index is 12.5. The molecule has 3 rings (SSSR count). The van der Waals surface area contributed by atoms with E-state index in [0.29, 0.717) is 32.7 Å². The van der Waals surface area contributed by atoms with E-state index in [-0.39, 0.29) is 17.3 Å². The van der Waals surface area contributed by atoms with E-state index in [1.54, 1.807) is 43.3 Å². The van der Waals surface area contributed by atoms with E-state index in [1.165, 1.54) is 24.9 Å². The molecule has 0 aliphatic carbocycles. The first-order valence-electron chi connectivity index (χ1n) is 8.57. The molecule has 1 aliphatic heterocycles. The van der Waals surface area contributed by atoms with Gasteiger partial charge in [-0.3, -0.25) is 9.59 Å². The van der Waals surface area contributed by atoms with Crippen LogP contribution in [0.4, 0.5) is 0 Å². The van der Waals surface area contributed by atoms with Gasteiger partial charge in [0.1, 0.15) is 16.6 Å². The van der Waals surface area contributed by atoms with Crippen LogP contribution in [0.1, 0.15) is 35.9 Å². The Labute approximate surface area is 172 Å². The number of nitrogens with zero attached hydrogens (tertiary/aromatic N) is 2. The van der Waals surface area contributed by atoms with Gasteiger partial charge in [0.05, 0.1) is 35.5 Å². The van der Waals surface area contributed by atoms with Crippen LogP contribution in [0.2, 0.25) is 5.02 Å². The van der Waals surface area contributed by atoms with Gasteiger partial charge in [0.2, 0.25) is 0 Å². The van der Waals surface area contributed by atoms with Gasteiger partial charge in [-0.2, -0.15) is 5.26 Å². The highest BCUT2D eigenvalue weighted by molar-refractivity contribution is 8.03. The molecule has 2 heterocycles. The summed E-state index contributed by atoms with van der Waals surface area (Å²) in [6.07, 6.45) is 1.51. The molecule has 0 fully saturated rings. The van der Waals surface area contributed by atoms with Crippen LogP contribution in [0, 0.1) is 17.2 Å². The third-order valence-corrected chi connectivity index (χ3v) is 5.76. The van der Waals surface area contributed by atoms with Crippen LogP contribution in [0.15, 0.2) is 62.7 Å². The van der Waals surface area contributed by atoms with Gasteiger partial charge < -0.3 is 4.42 Å². The van der Waals surface area contributed by atoms with Crippen LogP contribution >= 0.6 is 23.4 Å². The van der Waals surface area contributed by atoms with Gasteiger partial charge in [0.25, 0.3) is 0 Å². The lowest BCUT2D eigenvalue weighted by atomic mass is 9.78. The van der Waals surface area contributed by atoms with Crippen molar-refractivity contribution in [2.45, 2.75) is 19.8 Å². The summed E-state index contributed by atoms with van der Waals surface area (Å²) >= 11 is 7.05. The fourth-order valence-corrected chi connectivity index (χ4v) is 4.31. The van der Waals surface area contributed by atoms with Crippen molar-refractivity contribution in [3.05, 3.63) is 69.6 Å². The summed E-state index contributed by atoms with van der Waals surface area (Å²) in [5.74, 6) is -0.623. The molecular weight excluding hydrogens is 396 g/mol. The monoisotopic (exact) mass is 412 g/mol. The first-order chi connectivity index (χ1) is 13.4. The van der Waals surface area contributed by atoms with Gasteiger partial charge >= 0.3 is 0 Å². The topological polar surface area (TPSA) is 83.4 Å². The van der Waals surface area contributed by atoms with E-state index in [9.17, 15) is 14.9 Å². The molecule has 28 heavy (non-hydrogen) atoms. The van der Waals surface area contributed by atoms with Crippen molar-refractivity contribution in [3.8, 4) is 6.07 Å². The normalized spacial score (nSPS) is 19.1. The van der Waals surface area contributed by atoms with Gasteiger partial charge in [0, 0.05) is 16.3 Å². The number of benzene rings is 1. The zero-order valence-corrected chi connectivity index (χ0v) is 16.9. The minimum atomic E-state index is -0.558. The minimum absolute atomic E-state index is 0.0864. The van der Waals surface area contributed by atoms with Crippen LogP contribution in [0.5, 0.6) is 0 Å². The molecule has 1 unspecified atom stereocenters. The van der Waals surface area contributed by atoms with Crippen molar-refractivity contribution >= 4 is 40.6 Å². The largest absolute Gasteiger partial charge is 0.469 e. The molecule has 7 heteroatoms. The van der Waals surface area contributed by atoms with Gasteiger partial charge in [-0.05, 0) is 50.2 Å². The molecule has 0 N–H and O–H groups in total. The number of carbonyl (C=O) groups excluding carboxylic acids is 2. The van der Waals surface area contributed by atoms with Crippen LogP contribution in [-0.2, 0) is 4.79 Å². The minimum Gasteiger partial charge on any atom is -0.469 e. The van der Waals surface area contributed by atoms with Crippen molar-refractivity contribution < 1.29 is 14.0 Å². The molecule has 1 aliphatic rings. The molecule has 2 aromatic rings. The second-order valence-electron chi connectivity index (χ2n) is 6.38. The Balaban J connectivity index is 1.91. The third-order valence-electron chi connectivity index (χ3n) is 4.52. The summed E-state index contributed by atoms with van der Waals surface area (Å²) in [6, 6.07) is 12.3. The molecule has 5 nitrogen and oxygen atoms in total. The number of ketones is 2. The lowest BCUT2D eigenvalue weighted by Crippen LogP contribution is -2.31. The lowest BCUT2D eigenvalue weighted by Gasteiger charge is -2.28. The number of hydrogen-bond donors (Lipinski definition) is 0. The van der Waals surface area contributed by atoms with E-state index in [1.807, 2.05) is 0 Å². The predicted octanol–water partition coefficient (Wildman–Crippen LogP) is 5.05. The molecule has 0 bridgehead atoms. The highest BCUT2D eigenvalue weighted by atomic mass is 35.5. The standard InChI is InChI=1S/C21H17ClN2O3S/c1-12-19(13(2)25)20(18-4-3-9-27-18)16(10-23)21(24-12)28-11-17(26)14-5-7-15(22)8-6-14/h3-9,19-20H,11H2,1-2H3/t19?,20-/m1/s1. The second-order valence-corrected chi connectivity index (χ2v) is 7.78. The molecule has 142 valence electrons. The molecule has 0 saturated heterocycles. The van der Waals surface area contributed by atoms with Crippen LogP contribution in [0.25, 0.3) is 0 Å². The fourth-order valence-electron chi connectivity index (χ4n) is 3.21. The molecule has 2 atom stereocenters. The number of Topliss-reactive ketones (excluding diaryl/α,β-unsaturated/α-hetero) is 2. The summed E-state index contributed by atoms with van der Waals surface area (Å²) in [5, 5.41) is 10.8. The lowest BCUT2D eigenvalue weighted by molar-refractivity contribution is -0.119. The molecule has 0 saturated carbocycles. The van der Waals surface area contributed by atoms with E-state index in [2.05, 4.69) is 11.1 Å². The summed E-state index contributed by atoms with van der Waals surface area (Å²) in [4.78, 5) is 29.2.